The molecule has 2 N–H and O–H groups in total. The second kappa shape index (κ2) is 19.8. The molecule has 0 radical (unpaired) electrons. The van der Waals surface area contributed by atoms with Crippen molar-refractivity contribution in [1.82, 2.24) is 29.7 Å². The molecule has 7 rings (SSSR count). The number of nitrogens with one attached hydrogen (secondary N) is 2. The van der Waals surface area contributed by atoms with Crippen LogP contribution in [0.2, 0.25) is 0 Å². The number of likely N-dealkylation sites (tertiary alicyclic amines) is 2. The fraction of sp³-hybridized carbons (Fsp3) is 0.381. The highest BCUT2D eigenvalue weighted by atomic mass is 16.5. The lowest BCUT2D eigenvalue weighted by Gasteiger charge is -2.31. The van der Waals surface area contributed by atoms with Crippen molar-refractivity contribution in [2.75, 3.05) is 32.8 Å². The average molecular weight is 705 g/mol. The second-order valence-electron chi connectivity index (χ2n) is 13.5. The zero-order valence-electron chi connectivity index (χ0n) is 30.3. The molecule has 2 aromatic heterocycles. The van der Waals surface area contributed by atoms with E-state index in [0.717, 1.165) is 93.6 Å². The third-order valence-corrected chi connectivity index (χ3v) is 9.39. The van der Waals surface area contributed by atoms with Gasteiger partial charge in [-0.25, -0.2) is 9.97 Å². The smallest absolute Gasteiger partial charge is 0.127 e. The maximum atomic E-state index is 6.00. The van der Waals surface area contributed by atoms with Crippen LogP contribution in [0, 0.1) is 6.92 Å². The molecule has 0 amide bonds. The van der Waals surface area contributed by atoms with Crippen LogP contribution in [-0.4, -0.2) is 74.7 Å². The Morgan fingerprint density at radius 3 is 1.79 bits per heavy atom. The molecule has 2 fully saturated rings. The first kappa shape index (κ1) is 37.0. The minimum atomic E-state index is 0.329. The van der Waals surface area contributed by atoms with Crippen LogP contribution >= 0.6 is 0 Å². The summed E-state index contributed by atoms with van der Waals surface area (Å²) in [6, 6.07) is 24.9. The number of imidazole rings is 2. The summed E-state index contributed by atoms with van der Waals surface area (Å²) in [6.45, 7) is 13.7. The second-order valence-corrected chi connectivity index (χ2v) is 13.5. The maximum Gasteiger partial charge on any atom is 0.127 e. The van der Waals surface area contributed by atoms with Gasteiger partial charge in [-0.2, -0.15) is 0 Å². The molecule has 274 valence electrons. The van der Waals surface area contributed by atoms with Gasteiger partial charge in [0.2, 0.25) is 0 Å². The molecule has 0 saturated carbocycles. The van der Waals surface area contributed by atoms with Crippen molar-refractivity contribution in [3.63, 3.8) is 0 Å². The molecule has 0 bridgehead atoms. The van der Waals surface area contributed by atoms with Gasteiger partial charge in [0.15, 0.2) is 0 Å². The number of hydrogen-bond acceptors (Lipinski definition) is 8. The fourth-order valence-electron chi connectivity index (χ4n) is 6.42. The first-order valence-electron chi connectivity index (χ1n) is 18.4. The van der Waals surface area contributed by atoms with E-state index in [4.69, 9.17) is 18.9 Å². The van der Waals surface area contributed by atoms with Crippen molar-refractivity contribution in [2.24, 2.45) is 0 Å². The first-order chi connectivity index (χ1) is 25.6. The summed E-state index contributed by atoms with van der Waals surface area (Å²) in [5, 5.41) is 0. The number of piperidine rings is 2. The molecule has 3 aromatic carbocycles. The molecule has 2 aliphatic rings. The third-order valence-electron chi connectivity index (χ3n) is 9.39. The molecular weight excluding hydrogens is 652 g/mol. The number of H-pyrrole nitrogens is 2. The monoisotopic (exact) mass is 704 g/mol. The van der Waals surface area contributed by atoms with E-state index < -0.39 is 0 Å². The van der Waals surface area contributed by atoms with Crippen molar-refractivity contribution in [2.45, 2.75) is 71.1 Å². The van der Waals surface area contributed by atoms with E-state index in [1.54, 1.807) is 18.7 Å². The number of aryl methyl sites for hydroxylation is 1. The van der Waals surface area contributed by atoms with Crippen LogP contribution in [0.1, 0.15) is 53.8 Å². The minimum absolute atomic E-state index is 0.329. The maximum absolute atomic E-state index is 6.00. The van der Waals surface area contributed by atoms with Crippen molar-refractivity contribution in [1.29, 1.82) is 0 Å². The summed E-state index contributed by atoms with van der Waals surface area (Å²) in [5.74, 6) is 2.65. The van der Waals surface area contributed by atoms with E-state index in [1.807, 2.05) is 42.7 Å². The Bertz CT molecular complexity index is 1710. The summed E-state index contributed by atoms with van der Waals surface area (Å²) >= 11 is 0. The van der Waals surface area contributed by atoms with Gasteiger partial charge in [-0.05, 0) is 80.1 Å². The van der Waals surface area contributed by atoms with Crippen LogP contribution in [-0.2, 0) is 35.8 Å². The van der Waals surface area contributed by atoms with Gasteiger partial charge in [-0.15, -0.1) is 0 Å². The molecule has 4 heterocycles. The number of nitrogens with zero attached hydrogens (tertiary/aromatic N) is 4. The highest BCUT2D eigenvalue weighted by molar-refractivity contribution is 5.35. The van der Waals surface area contributed by atoms with Gasteiger partial charge in [-0.1, -0.05) is 54.6 Å². The summed E-state index contributed by atoms with van der Waals surface area (Å²) < 4.78 is 23.5. The molecule has 2 aliphatic heterocycles. The molecule has 10 heteroatoms. The third kappa shape index (κ3) is 12.2. The number of aromatic amines is 2. The van der Waals surface area contributed by atoms with Gasteiger partial charge in [0.1, 0.15) is 23.9 Å². The van der Waals surface area contributed by atoms with Crippen LogP contribution in [0.15, 0.2) is 110 Å². The topological polar surface area (TPSA) is 101 Å². The van der Waals surface area contributed by atoms with E-state index in [0.29, 0.717) is 32.0 Å². The van der Waals surface area contributed by atoms with E-state index >= 15 is 0 Å². The fourth-order valence-corrected chi connectivity index (χ4v) is 6.42. The molecule has 10 nitrogen and oxygen atoms in total. The zero-order chi connectivity index (χ0) is 35.8. The number of hydrogen-bond donors (Lipinski definition) is 2. The highest BCUT2D eigenvalue weighted by Gasteiger charge is 2.21. The lowest BCUT2D eigenvalue weighted by molar-refractivity contribution is -0.00518. The molecule has 0 unspecified atom stereocenters. The Morgan fingerprint density at radius 1 is 0.692 bits per heavy atom. The van der Waals surface area contributed by atoms with Crippen LogP contribution in [0.3, 0.4) is 0 Å². The van der Waals surface area contributed by atoms with Gasteiger partial charge < -0.3 is 28.9 Å². The number of aromatic nitrogens is 4. The van der Waals surface area contributed by atoms with E-state index in [9.17, 15) is 0 Å². The summed E-state index contributed by atoms with van der Waals surface area (Å²) in [5.41, 5.74) is 5.90. The number of ether oxygens (including phenoxy) is 4. The molecule has 5 aromatic rings. The molecule has 2 saturated heterocycles. The standard InChI is InChI=1S/C23H27N3O2.C19H25N3O2/c1-18-5-7-22(8-6-18)28-23-4-2-3-19(13-23)15-26-11-9-21(10-12-26)27-16-20-14-24-17-25-20;1-2-11-23-18-5-3-16(4-6-18)13-22-9-7-19(8-10-22)24-14-17-12-20-15-21-17/h2-8,13-14,17,21H,9-12,15-16H2,1H3,(H,24,25);2-6,12,15,19H,1,7-11,13-14H2,(H,20,21). The van der Waals surface area contributed by atoms with E-state index in [1.165, 1.54) is 16.7 Å². The van der Waals surface area contributed by atoms with E-state index in [2.05, 4.69) is 85.7 Å². The Kier molecular flexibility index (Phi) is 14.1. The van der Waals surface area contributed by atoms with Crippen molar-refractivity contribution in [3.05, 3.63) is 139 Å². The zero-order valence-corrected chi connectivity index (χ0v) is 30.3. The van der Waals surface area contributed by atoms with Crippen LogP contribution < -0.4 is 9.47 Å². The Balaban J connectivity index is 0.000000181. The molecule has 0 spiro atoms. The molecule has 0 atom stereocenters. The van der Waals surface area contributed by atoms with Crippen molar-refractivity contribution >= 4 is 0 Å². The minimum Gasteiger partial charge on any atom is -0.490 e. The molecule has 0 aliphatic carbocycles. The lowest BCUT2D eigenvalue weighted by Crippen LogP contribution is -2.36. The highest BCUT2D eigenvalue weighted by Crippen LogP contribution is 2.25. The van der Waals surface area contributed by atoms with Crippen LogP contribution in [0.25, 0.3) is 0 Å². The van der Waals surface area contributed by atoms with Gasteiger partial charge in [-0.3, -0.25) is 9.80 Å². The van der Waals surface area contributed by atoms with Crippen LogP contribution in [0.5, 0.6) is 17.2 Å². The summed E-state index contributed by atoms with van der Waals surface area (Å²) in [4.78, 5) is 19.2. The predicted molar refractivity (Wildman–Crippen MR) is 203 cm³/mol. The molecular formula is C42H52N6O4. The predicted octanol–water partition coefficient (Wildman–Crippen LogP) is 7.85. The van der Waals surface area contributed by atoms with Gasteiger partial charge in [0, 0.05) is 39.3 Å². The van der Waals surface area contributed by atoms with Crippen LogP contribution in [0.4, 0.5) is 0 Å². The van der Waals surface area contributed by atoms with Gasteiger partial charge in [0.05, 0.1) is 61.9 Å². The van der Waals surface area contributed by atoms with Gasteiger partial charge in [0.25, 0.3) is 0 Å². The largest absolute Gasteiger partial charge is 0.490 e. The first-order valence-corrected chi connectivity index (χ1v) is 18.4. The Labute approximate surface area is 307 Å². The van der Waals surface area contributed by atoms with Crippen molar-refractivity contribution < 1.29 is 18.9 Å². The Hall–Kier alpha value is -4.74. The molecule has 52 heavy (non-hydrogen) atoms. The van der Waals surface area contributed by atoms with Gasteiger partial charge >= 0.3 is 0 Å². The summed E-state index contributed by atoms with van der Waals surface area (Å²) in [6.07, 6.45) is 13.7. The normalized spacial score (nSPS) is 15.9. The average Bonchev–Trinajstić information content (AvgIpc) is 3.91. The lowest BCUT2D eigenvalue weighted by atomic mass is 10.1. The SMILES string of the molecule is C=CCOc1ccc(CN2CCC(OCc3cnc[nH]3)CC2)cc1.Cc1ccc(Oc2cccc(CN3CCC(OCc4cnc[nH]4)CC3)c2)cc1. The van der Waals surface area contributed by atoms with Crippen molar-refractivity contribution in [3.8, 4) is 17.2 Å². The van der Waals surface area contributed by atoms with E-state index in [-0.39, 0.29) is 0 Å². The summed E-state index contributed by atoms with van der Waals surface area (Å²) in [7, 11) is 0. The number of rotatable bonds is 15. The Morgan fingerprint density at radius 2 is 1.25 bits per heavy atom. The number of benzene rings is 3. The quantitative estimate of drug-likeness (QED) is 0.106.